The minimum Gasteiger partial charge on any atom is -0.309 e. The van der Waals surface area contributed by atoms with E-state index in [1.54, 1.807) is 12.3 Å². The Kier molecular flexibility index (Phi) is 7.72. The lowest BCUT2D eigenvalue weighted by Crippen LogP contribution is -2.08. The summed E-state index contributed by atoms with van der Waals surface area (Å²) in [4.78, 5) is 4.91. The van der Waals surface area contributed by atoms with Crippen molar-refractivity contribution in [3.63, 3.8) is 0 Å². The van der Waals surface area contributed by atoms with Crippen LogP contribution >= 0.6 is 0 Å². The van der Waals surface area contributed by atoms with E-state index in [0.717, 1.165) is 65.9 Å². The maximum atomic E-state index is 14.7. The fraction of sp³-hybridized carbons (Fsp3) is 0.0600. The maximum Gasteiger partial charge on any atom is 0.416 e. The van der Waals surface area contributed by atoms with Crippen LogP contribution in [0.2, 0.25) is 0 Å². The van der Waals surface area contributed by atoms with Crippen molar-refractivity contribution in [3.05, 3.63) is 187 Å². The van der Waals surface area contributed by atoms with E-state index in [1.807, 2.05) is 42.5 Å². The average Bonchev–Trinajstić information content (AvgIpc) is 3.72. The molecule has 0 N–H and O–H groups in total. The summed E-state index contributed by atoms with van der Waals surface area (Å²) < 4.78 is 48.2. The molecule has 0 radical (unpaired) electrons. The lowest BCUT2D eigenvalue weighted by Gasteiger charge is -2.19. The fourth-order valence-electron chi connectivity index (χ4n) is 8.36. The molecule has 3 nitrogen and oxygen atoms in total. The van der Waals surface area contributed by atoms with E-state index >= 15 is 0 Å². The molecule has 3 heterocycles. The number of nitrogens with zero attached hydrogens (tertiary/aromatic N) is 3. The summed E-state index contributed by atoms with van der Waals surface area (Å²) >= 11 is 0. The molecule has 270 valence electrons. The van der Waals surface area contributed by atoms with Crippen molar-refractivity contribution >= 4 is 43.6 Å². The topological polar surface area (TPSA) is 22.8 Å². The highest BCUT2D eigenvalue weighted by atomic mass is 19.4. The molecule has 0 aliphatic heterocycles. The van der Waals surface area contributed by atoms with Gasteiger partial charge in [-0.25, -0.2) is 0 Å². The summed E-state index contributed by atoms with van der Waals surface area (Å²) in [5.74, 6) is 0. The van der Waals surface area contributed by atoms with Gasteiger partial charge in [-0.2, -0.15) is 13.2 Å². The Bertz CT molecular complexity index is 3160. The Morgan fingerprint density at radius 3 is 1.50 bits per heavy atom. The smallest absolute Gasteiger partial charge is 0.309 e. The van der Waals surface area contributed by atoms with Crippen molar-refractivity contribution in [1.29, 1.82) is 0 Å². The molecule has 3 aromatic heterocycles. The lowest BCUT2D eigenvalue weighted by molar-refractivity contribution is -0.137. The Morgan fingerprint density at radius 2 is 0.946 bits per heavy atom. The van der Waals surface area contributed by atoms with Gasteiger partial charge in [-0.15, -0.1) is 0 Å². The molecule has 0 aliphatic carbocycles. The van der Waals surface area contributed by atoms with Gasteiger partial charge in [0.25, 0.3) is 0 Å². The minimum atomic E-state index is -4.56. The quantitative estimate of drug-likeness (QED) is 0.173. The largest absolute Gasteiger partial charge is 0.416 e. The van der Waals surface area contributed by atoms with Crippen molar-refractivity contribution in [2.45, 2.75) is 20.0 Å². The molecule has 0 bridgehead atoms. The van der Waals surface area contributed by atoms with E-state index in [-0.39, 0.29) is 0 Å². The zero-order valence-corrected chi connectivity index (χ0v) is 30.6. The van der Waals surface area contributed by atoms with Crippen LogP contribution in [0.4, 0.5) is 13.2 Å². The Morgan fingerprint density at radius 1 is 0.429 bits per heavy atom. The number of aromatic nitrogens is 3. The van der Waals surface area contributed by atoms with E-state index in [2.05, 4.69) is 126 Å². The zero-order valence-electron chi connectivity index (χ0n) is 30.6. The molecule has 6 heteroatoms. The van der Waals surface area contributed by atoms with Gasteiger partial charge in [-0.3, -0.25) is 4.98 Å². The van der Waals surface area contributed by atoms with Crippen molar-refractivity contribution in [2.75, 3.05) is 0 Å². The molecular weight excluding hydrogens is 700 g/mol. The van der Waals surface area contributed by atoms with Crippen LogP contribution in [0.5, 0.6) is 0 Å². The Balaban J connectivity index is 1.24. The summed E-state index contributed by atoms with van der Waals surface area (Å²) in [6.07, 6.45) is -2.91. The third-order valence-corrected chi connectivity index (χ3v) is 10.9. The second kappa shape index (κ2) is 12.8. The summed E-state index contributed by atoms with van der Waals surface area (Å²) in [6, 6.07) is 53.7. The van der Waals surface area contributed by atoms with E-state index in [9.17, 15) is 13.2 Å². The van der Waals surface area contributed by atoms with Gasteiger partial charge < -0.3 is 9.13 Å². The standard InChI is InChI=1S/C50H34F3N3/c1-31-10-7-12-33(26-31)35-19-22-45-40(28-35)38-14-3-5-16-43(38)55(45)47-24-21-37(50(51,52)53)30-42(47)49-48(18-9-25-54-49)56-44-17-6-4-15-39(44)41-29-36(20-23-46(41)56)34-13-8-11-32(2)27-34/h3-30H,1-2H3. The van der Waals surface area contributed by atoms with Crippen LogP contribution in [-0.4, -0.2) is 14.1 Å². The molecular formula is C50H34F3N3. The SMILES string of the molecule is Cc1cccc(-c2ccc3c(c2)c2ccccc2n3-c2ccc(C(F)(F)F)cc2-c2ncccc2-n2c3ccccc3c3cc(-c4cccc(C)c4)ccc32)c1. The number of fused-ring (bicyclic) bond motifs is 6. The van der Waals surface area contributed by atoms with Gasteiger partial charge in [-0.05, 0) is 103 Å². The van der Waals surface area contributed by atoms with Crippen LogP contribution in [0.3, 0.4) is 0 Å². The molecule has 0 amide bonds. The Labute approximate surface area is 321 Å². The van der Waals surface area contributed by atoms with Gasteiger partial charge in [0.2, 0.25) is 0 Å². The van der Waals surface area contributed by atoms with Crippen molar-refractivity contribution in [1.82, 2.24) is 14.1 Å². The van der Waals surface area contributed by atoms with E-state index in [4.69, 9.17) is 4.98 Å². The normalized spacial score (nSPS) is 12.0. The fourth-order valence-corrected chi connectivity index (χ4v) is 8.36. The first-order valence-electron chi connectivity index (χ1n) is 18.6. The molecule has 10 rings (SSSR count). The zero-order chi connectivity index (χ0) is 38.1. The van der Waals surface area contributed by atoms with Gasteiger partial charge in [0.15, 0.2) is 0 Å². The highest BCUT2D eigenvalue weighted by Crippen LogP contribution is 2.43. The summed E-state index contributed by atoms with van der Waals surface area (Å²) in [5, 5.41) is 4.11. The number of benzene rings is 7. The molecule has 0 atom stereocenters. The second-order valence-corrected chi connectivity index (χ2v) is 14.5. The minimum absolute atomic E-state index is 0.378. The maximum absolute atomic E-state index is 14.7. The summed E-state index contributed by atoms with van der Waals surface area (Å²) in [7, 11) is 0. The predicted molar refractivity (Wildman–Crippen MR) is 224 cm³/mol. The van der Waals surface area contributed by atoms with E-state index in [0.29, 0.717) is 22.6 Å². The number of pyridine rings is 1. The lowest BCUT2D eigenvalue weighted by atomic mass is 10.0. The third kappa shape index (κ3) is 5.48. The van der Waals surface area contributed by atoms with Gasteiger partial charge in [0.05, 0.1) is 44.7 Å². The molecule has 0 unspecified atom stereocenters. The van der Waals surface area contributed by atoms with Crippen LogP contribution < -0.4 is 0 Å². The van der Waals surface area contributed by atoms with Gasteiger partial charge >= 0.3 is 6.18 Å². The van der Waals surface area contributed by atoms with Crippen molar-refractivity contribution in [2.24, 2.45) is 0 Å². The third-order valence-electron chi connectivity index (χ3n) is 10.9. The highest BCUT2D eigenvalue weighted by Gasteiger charge is 2.32. The number of alkyl halides is 3. The summed E-state index contributed by atoms with van der Waals surface area (Å²) in [5.41, 5.74) is 11.8. The van der Waals surface area contributed by atoms with Crippen LogP contribution in [0.15, 0.2) is 170 Å². The Hall–Kier alpha value is -6.92. The molecule has 0 saturated carbocycles. The van der Waals surface area contributed by atoms with Gasteiger partial charge in [0.1, 0.15) is 0 Å². The molecule has 0 spiro atoms. The number of rotatable bonds is 5. The highest BCUT2D eigenvalue weighted by molar-refractivity contribution is 6.12. The number of aryl methyl sites for hydroxylation is 2. The van der Waals surface area contributed by atoms with Crippen molar-refractivity contribution in [3.8, 4) is 44.9 Å². The van der Waals surface area contributed by atoms with E-state index < -0.39 is 11.7 Å². The number of hydrogen-bond acceptors (Lipinski definition) is 1. The molecule has 7 aromatic carbocycles. The van der Waals surface area contributed by atoms with Crippen LogP contribution in [0, 0.1) is 13.8 Å². The first-order chi connectivity index (χ1) is 27.2. The average molecular weight is 734 g/mol. The van der Waals surface area contributed by atoms with Crippen LogP contribution in [-0.2, 0) is 6.18 Å². The number of hydrogen-bond donors (Lipinski definition) is 0. The van der Waals surface area contributed by atoms with E-state index in [1.165, 1.54) is 23.3 Å². The van der Waals surface area contributed by atoms with Gasteiger partial charge in [-0.1, -0.05) is 108 Å². The first kappa shape index (κ1) is 33.6. The molecule has 0 saturated heterocycles. The predicted octanol–water partition coefficient (Wildman–Crippen LogP) is 13.9. The molecule has 0 fully saturated rings. The van der Waals surface area contributed by atoms with Crippen LogP contribution in [0.25, 0.3) is 88.5 Å². The monoisotopic (exact) mass is 733 g/mol. The number of para-hydroxylation sites is 2. The second-order valence-electron chi connectivity index (χ2n) is 14.5. The van der Waals surface area contributed by atoms with Crippen LogP contribution in [0.1, 0.15) is 16.7 Å². The van der Waals surface area contributed by atoms with Crippen molar-refractivity contribution < 1.29 is 13.2 Å². The molecule has 0 aliphatic rings. The molecule has 10 aromatic rings. The summed E-state index contributed by atoms with van der Waals surface area (Å²) in [6.45, 7) is 4.16. The number of halogens is 3. The first-order valence-corrected chi connectivity index (χ1v) is 18.6. The molecule has 56 heavy (non-hydrogen) atoms. The van der Waals surface area contributed by atoms with Gasteiger partial charge in [0, 0.05) is 33.3 Å².